The molecule has 1 aliphatic heterocycles. The highest BCUT2D eigenvalue weighted by Gasteiger charge is 2.27. The molecule has 20 heavy (non-hydrogen) atoms. The Hall–Kier alpha value is -1.26. The Balaban J connectivity index is 2.71. The van der Waals surface area contributed by atoms with E-state index in [1.807, 2.05) is 4.90 Å². The molecule has 0 aromatic rings. The fourth-order valence-corrected chi connectivity index (χ4v) is 2.78. The Labute approximate surface area is 121 Å². The molecule has 6 nitrogen and oxygen atoms in total. The third-order valence-electron chi connectivity index (χ3n) is 3.70. The minimum atomic E-state index is 0.0416. The lowest BCUT2D eigenvalue weighted by Gasteiger charge is -2.31. The lowest BCUT2D eigenvalue weighted by molar-refractivity contribution is -0.132. The summed E-state index contributed by atoms with van der Waals surface area (Å²) in [6, 6.07) is 0.0416. The number of hydrogen-bond acceptors (Lipinski definition) is 3. The van der Waals surface area contributed by atoms with E-state index in [1.54, 1.807) is 0 Å². The van der Waals surface area contributed by atoms with Crippen molar-refractivity contribution >= 4 is 5.91 Å². The molecule has 0 bridgehead atoms. The second-order valence-corrected chi connectivity index (χ2v) is 5.88. The van der Waals surface area contributed by atoms with E-state index in [1.165, 1.54) is 0 Å². The largest absolute Gasteiger partial charge is 0.338 e. The van der Waals surface area contributed by atoms with Gasteiger partial charge >= 0.3 is 0 Å². The van der Waals surface area contributed by atoms with Crippen molar-refractivity contribution in [1.29, 1.82) is 0 Å². The Morgan fingerprint density at radius 1 is 1.35 bits per heavy atom. The summed E-state index contributed by atoms with van der Waals surface area (Å²) >= 11 is 0. The maximum absolute atomic E-state index is 12.3. The number of carbonyl (C=O) groups is 1. The first-order chi connectivity index (χ1) is 9.58. The van der Waals surface area contributed by atoms with Crippen LogP contribution >= 0.6 is 0 Å². The molecule has 1 atom stereocenters. The van der Waals surface area contributed by atoms with Gasteiger partial charge in [0.25, 0.3) is 0 Å². The van der Waals surface area contributed by atoms with Crippen molar-refractivity contribution in [3.05, 3.63) is 10.4 Å². The van der Waals surface area contributed by atoms with Gasteiger partial charge in [0.05, 0.1) is 0 Å². The minimum Gasteiger partial charge on any atom is -0.338 e. The van der Waals surface area contributed by atoms with Gasteiger partial charge in [0.15, 0.2) is 0 Å². The van der Waals surface area contributed by atoms with Gasteiger partial charge in [-0.3, -0.25) is 4.79 Å². The first kappa shape index (κ1) is 16.8. The standard InChI is InChI=1S/C14H27N5O/c1-4-6-18-7-5-14(20)19(9-8-18)13(10-12(2)3)11-16-17-15/h12-13H,4-11H2,1-3H3/t13-/m0/s1. The molecular formula is C14H27N5O. The minimum absolute atomic E-state index is 0.0416. The molecule has 1 aliphatic rings. The molecule has 1 heterocycles. The average Bonchev–Trinajstić information content (AvgIpc) is 2.58. The first-order valence-corrected chi connectivity index (χ1v) is 7.61. The van der Waals surface area contributed by atoms with Crippen molar-refractivity contribution in [2.75, 3.05) is 32.7 Å². The third kappa shape index (κ3) is 5.39. The highest BCUT2D eigenvalue weighted by Crippen LogP contribution is 2.16. The van der Waals surface area contributed by atoms with Crippen LogP contribution in [0.3, 0.4) is 0 Å². The lowest BCUT2D eigenvalue weighted by Crippen LogP contribution is -2.44. The Morgan fingerprint density at radius 2 is 2.10 bits per heavy atom. The monoisotopic (exact) mass is 281 g/mol. The van der Waals surface area contributed by atoms with Gasteiger partial charge in [0.1, 0.15) is 0 Å². The van der Waals surface area contributed by atoms with Crippen LogP contribution in [-0.4, -0.2) is 54.5 Å². The highest BCUT2D eigenvalue weighted by atomic mass is 16.2. The summed E-state index contributed by atoms with van der Waals surface area (Å²) in [6.45, 7) is 10.4. The maximum atomic E-state index is 12.3. The van der Waals surface area contributed by atoms with Crippen LogP contribution in [0.25, 0.3) is 10.4 Å². The van der Waals surface area contributed by atoms with Gasteiger partial charge in [-0.1, -0.05) is 25.9 Å². The second kappa shape index (κ2) is 8.82. The molecule has 0 aromatic carbocycles. The zero-order valence-corrected chi connectivity index (χ0v) is 13.0. The van der Waals surface area contributed by atoms with Crippen LogP contribution in [0.4, 0.5) is 0 Å². The molecule has 0 aromatic heterocycles. The highest BCUT2D eigenvalue weighted by molar-refractivity contribution is 5.77. The molecule has 0 saturated carbocycles. The Morgan fingerprint density at radius 3 is 2.70 bits per heavy atom. The summed E-state index contributed by atoms with van der Waals surface area (Å²) in [5, 5.41) is 3.69. The fourth-order valence-electron chi connectivity index (χ4n) is 2.78. The average molecular weight is 281 g/mol. The van der Waals surface area contributed by atoms with Crippen molar-refractivity contribution < 1.29 is 4.79 Å². The molecule has 0 aliphatic carbocycles. The molecule has 1 rings (SSSR count). The molecule has 1 fully saturated rings. The van der Waals surface area contributed by atoms with E-state index in [0.29, 0.717) is 18.9 Å². The van der Waals surface area contributed by atoms with Gasteiger partial charge in [0.2, 0.25) is 5.91 Å². The summed E-state index contributed by atoms with van der Waals surface area (Å²) in [6.07, 6.45) is 2.58. The molecule has 6 heteroatoms. The van der Waals surface area contributed by atoms with Crippen molar-refractivity contribution in [3.63, 3.8) is 0 Å². The topological polar surface area (TPSA) is 72.3 Å². The van der Waals surface area contributed by atoms with Crippen LogP contribution < -0.4 is 0 Å². The fraction of sp³-hybridized carbons (Fsp3) is 0.929. The molecule has 0 spiro atoms. The summed E-state index contributed by atoms with van der Waals surface area (Å²) < 4.78 is 0. The second-order valence-electron chi connectivity index (χ2n) is 5.88. The molecular weight excluding hydrogens is 254 g/mol. The van der Waals surface area contributed by atoms with E-state index in [2.05, 4.69) is 35.7 Å². The first-order valence-electron chi connectivity index (χ1n) is 7.61. The molecule has 0 N–H and O–H groups in total. The van der Waals surface area contributed by atoms with Crippen LogP contribution in [0.1, 0.15) is 40.0 Å². The van der Waals surface area contributed by atoms with Crippen LogP contribution in [0.15, 0.2) is 5.11 Å². The summed E-state index contributed by atoms with van der Waals surface area (Å²) in [5.41, 5.74) is 8.53. The maximum Gasteiger partial charge on any atom is 0.224 e. The molecule has 1 saturated heterocycles. The van der Waals surface area contributed by atoms with Crippen LogP contribution in [0, 0.1) is 5.92 Å². The lowest BCUT2D eigenvalue weighted by atomic mass is 10.0. The summed E-state index contributed by atoms with van der Waals surface area (Å²) in [4.78, 5) is 19.4. The Kier molecular flexibility index (Phi) is 7.41. The van der Waals surface area contributed by atoms with Crippen molar-refractivity contribution in [3.8, 4) is 0 Å². The van der Waals surface area contributed by atoms with Crippen LogP contribution in [0.2, 0.25) is 0 Å². The van der Waals surface area contributed by atoms with Gasteiger partial charge < -0.3 is 9.80 Å². The molecule has 0 radical (unpaired) electrons. The van der Waals surface area contributed by atoms with E-state index in [-0.39, 0.29) is 11.9 Å². The number of amides is 1. The number of nitrogens with zero attached hydrogens (tertiary/aromatic N) is 5. The molecule has 1 amide bonds. The van der Waals surface area contributed by atoms with Gasteiger partial charge in [-0.2, -0.15) is 0 Å². The summed E-state index contributed by atoms with van der Waals surface area (Å²) in [5.74, 6) is 0.680. The Bertz CT molecular complexity index is 351. The number of rotatable bonds is 7. The quantitative estimate of drug-likeness (QED) is 0.409. The van der Waals surface area contributed by atoms with Gasteiger partial charge in [-0.25, -0.2) is 0 Å². The zero-order valence-electron chi connectivity index (χ0n) is 13.0. The predicted octanol–water partition coefficient (Wildman–Crippen LogP) is 2.66. The number of azide groups is 1. The molecule has 114 valence electrons. The van der Waals surface area contributed by atoms with E-state index < -0.39 is 0 Å². The SMILES string of the molecule is CCCN1CCC(=O)N([C@H](CN=[N+]=[N-])CC(C)C)CC1. The van der Waals surface area contributed by atoms with Gasteiger partial charge in [-0.05, 0) is 30.8 Å². The number of hydrogen-bond donors (Lipinski definition) is 0. The number of carbonyl (C=O) groups excluding carboxylic acids is 1. The predicted molar refractivity (Wildman–Crippen MR) is 80.3 cm³/mol. The van der Waals surface area contributed by atoms with Crippen molar-refractivity contribution in [2.24, 2.45) is 11.0 Å². The molecule has 0 unspecified atom stereocenters. The zero-order chi connectivity index (χ0) is 15.0. The van der Waals surface area contributed by atoms with Crippen LogP contribution in [-0.2, 0) is 4.79 Å². The van der Waals surface area contributed by atoms with E-state index in [9.17, 15) is 4.79 Å². The smallest absolute Gasteiger partial charge is 0.224 e. The third-order valence-corrected chi connectivity index (χ3v) is 3.70. The van der Waals surface area contributed by atoms with Gasteiger partial charge in [-0.15, -0.1) is 0 Å². The van der Waals surface area contributed by atoms with E-state index in [0.717, 1.165) is 39.0 Å². The normalized spacial score (nSPS) is 18.8. The van der Waals surface area contributed by atoms with E-state index in [4.69, 9.17) is 5.53 Å². The van der Waals surface area contributed by atoms with Crippen LogP contribution in [0.5, 0.6) is 0 Å². The van der Waals surface area contributed by atoms with E-state index >= 15 is 0 Å². The van der Waals surface area contributed by atoms with Gasteiger partial charge in [0, 0.05) is 43.6 Å². The van der Waals surface area contributed by atoms with Crippen molar-refractivity contribution in [2.45, 2.75) is 46.1 Å². The van der Waals surface area contributed by atoms with Crippen molar-refractivity contribution in [1.82, 2.24) is 9.80 Å². The summed E-state index contributed by atoms with van der Waals surface area (Å²) in [7, 11) is 0.